The van der Waals surface area contributed by atoms with Gasteiger partial charge in [0.15, 0.2) is 10.6 Å². The minimum atomic E-state index is -0.0102. The van der Waals surface area contributed by atoms with Crippen molar-refractivity contribution in [2.24, 2.45) is 0 Å². The molecule has 3 aromatic rings. The van der Waals surface area contributed by atoms with Crippen molar-refractivity contribution >= 4 is 18.1 Å². The summed E-state index contributed by atoms with van der Waals surface area (Å²) in [5.74, 6) is 0.740. The van der Waals surface area contributed by atoms with E-state index in [0.717, 1.165) is 30.0 Å². The molecule has 7 heteroatoms. The summed E-state index contributed by atoms with van der Waals surface area (Å²) in [6, 6.07) is 16.4. The van der Waals surface area contributed by atoms with E-state index in [0.29, 0.717) is 24.3 Å². The van der Waals surface area contributed by atoms with Gasteiger partial charge in [-0.1, -0.05) is 61.0 Å². The molecular weight excluding hydrogens is 394 g/mol. The quantitative estimate of drug-likeness (QED) is 0.509. The van der Waals surface area contributed by atoms with Gasteiger partial charge in [0.25, 0.3) is 0 Å². The normalized spacial score (nSPS) is 11.1. The summed E-state index contributed by atoms with van der Waals surface area (Å²) in [6.07, 6.45) is 0.338. The maximum Gasteiger partial charge on any atom is 0.222 e. The Morgan fingerprint density at radius 2 is 1.93 bits per heavy atom. The molecule has 3 rings (SSSR count). The second-order valence-corrected chi connectivity index (χ2v) is 7.93. The van der Waals surface area contributed by atoms with E-state index in [-0.39, 0.29) is 5.91 Å². The van der Waals surface area contributed by atoms with Crippen LogP contribution in [0.4, 0.5) is 0 Å². The van der Waals surface area contributed by atoms with E-state index < -0.39 is 0 Å². The number of H-pyrrole nitrogens is 1. The van der Waals surface area contributed by atoms with Crippen LogP contribution in [0.3, 0.4) is 0 Å². The number of rotatable bonds is 9. The summed E-state index contributed by atoms with van der Waals surface area (Å²) in [6.45, 7) is 7.08. The number of carbonyl (C=O) groups is 1. The summed E-state index contributed by atoms with van der Waals surface area (Å²) in [5, 5.41) is 10.2. The molecular formula is C23H29N5OS. The third-order valence-electron chi connectivity index (χ3n) is 5.10. The van der Waals surface area contributed by atoms with Gasteiger partial charge in [0.1, 0.15) is 0 Å². The Labute approximate surface area is 182 Å². The Kier molecular flexibility index (Phi) is 7.54. The fourth-order valence-corrected chi connectivity index (χ4v) is 3.44. The first kappa shape index (κ1) is 21.9. The predicted octanol–water partition coefficient (Wildman–Crippen LogP) is 4.07. The van der Waals surface area contributed by atoms with Gasteiger partial charge in [-0.2, -0.15) is 5.10 Å². The lowest BCUT2D eigenvalue weighted by Crippen LogP contribution is -2.24. The fourth-order valence-electron chi connectivity index (χ4n) is 3.21. The maximum absolute atomic E-state index is 12.4. The molecule has 0 aliphatic rings. The van der Waals surface area contributed by atoms with E-state index in [1.807, 2.05) is 47.9 Å². The summed E-state index contributed by atoms with van der Waals surface area (Å²) < 4.78 is 2.40. The highest BCUT2D eigenvalue weighted by molar-refractivity contribution is 7.71. The first-order chi connectivity index (χ1) is 14.5. The average molecular weight is 424 g/mol. The molecule has 158 valence electrons. The lowest BCUT2D eigenvalue weighted by Gasteiger charge is -2.14. The van der Waals surface area contributed by atoms with E-state index in [1.54, 1.807) is 0 Å². The second kappa shape index (κ2) is 10.3. The third-order valence-corrected chi connectivity index (χ3v) is 5.42. The largest absolute Gasteiger partial charge is 0.352 e. The van der Waals surface area contributed by atoms with Crippen LogP contribution in [0, 0.1) is 11.7 Å². The van der Waals surface area contributed by atoms with Gasteiger partial charge in [0.2, 0.25) is 5.91 Å². The summed E-state index contributed by atoms with van der Waals surface area (Å²) in [5.41, 5.74) is 4.51. The summed E-state index contributed by atoms with van der Waals surface area (Å²) in [4.78, 5) is 14.7. The van der Waals surface area contributed by atoms with Crippen molar-refractivity contribution in [2.75, 3.05) is 13.6 Å². The molecule has 0 spiro atoms. The topological polar surface area (TPSA) is 66.0 Å². The first-order valence-corrected chi connectivity index (χ1v) is 10.6. The Bertz CT molecular complexity index is 1040. The molecule has 30 heavy (non-hydrogen) atoms. The number of aromatic amines is 1. The van der Waals surface area contributed by atoms with Gasteiger partial charge in [-0.25, -0.2) is 0 Å². The zero-order valence-corrected chi connectivity index (χ0v) is 18.6. The minimum absolute atomic E-state index is 0.0102. The minimum Gasteiger partial charge on any atom is -0.352 e. The number of benzene rings is 2. The SMILES string of the molecule is CCN(C)Cc1cccc(CNC(=O)CCn2c(-c3ccc(C)cc3)n[nH]c2=S)c1. The van der Waals surface area contributed by atoms with Gasteiger partial charge in [-0.15, -0.1) is 0 Å². The highest BCUT2D eigenvalue weighted by Gasteiger charge is 2.11. The average Bonchev–Trinajstić information content (AvgIpc) is 3.11. The molecule has 0 aliphatic carbocycles. The lowest BCUT2D eigenvalue weighted by molar-refractivity contribution is -0.121. The van der Waals surface area contributed by atoms with Crippen molar-refractivity contribution in [3.63, 3.8) is 0 Å². The van der Waals surface area contributed by atoms with Crippen LogP contribution >= 0.6 is 12.2 Å². The van der Waals surface area contributed by atoms with Gasteiger partial charge in [0, 0.05) is 31.6 Å². The zero-order chi connectivity index (χ0) is 21.5. The van der Waals surface area contributed by atoms with Crippen LogP contribution in [-0.4, -0.2) is 39.2 Å². The molecule has 1 amide bonds. The predicted molar refractivity (Wildman–Crippen MR) is 122 cm³/mol. The Morgan fingerprint density at radius 1 is 1.20 bits per heavy atom. The zero-order valence-electron chi connectivity index (χ0n) is 17.8. The molecule has 1 aromatic heterocycles. The van der Waals surface area contributed by atoms with Gasteiger partial charge >= 0.3 is 0 Å². The molecule has 0 radical (unpaired) electrons. The molecule has 6 nitrogen and oxygen atoms in total. The maximum atomic E-state index is 12.4. The van der Waals surface area contributed by atoms with Crippen molar-refractivity contribution < 1.29 is 4.79 Å². The molecule has 0 unspecified atom stereocenters. The van der Waals surface area contributed by atoms with Crippen molar-refractivity contribution in [1.29, 1.82) is 0 Å². The Hall–Kier alpha value is -2.77. The third kappa shape index (κ3) is 5.87. The smallest absolute Gasteiger partial charge is 0.222 e. The van der Waals surface area contributed by atoms with Gasteiger partial charge < -0.3 is 10.2 Å². The van der Waals surface area contributed by atoms with Gasteiger partial charge in [-0.3, -0.25) is 14.5 Å². The van der Waals surface area contributed by atoms with E-state index >= 15 is 0 Å². The molecule has 2 aromatic carbocycles. The number of hydrogen-bond donors (Lipinski definition) is 2. The fraction of sp³-hybridized carbons (Fsp3) is 0.348. The monoisotopic (exact) mass is 423 g/mol. The number of nitrogens with zero attached hydrogens (tertiary/aromatic N) is 3. The van der Waals surface area contributed by atoms with E-state index in [4.69, 9.17) is 12.2 Å². The van der Waals surface area contributed by atoms with Crippen molar-refractivity contribution in [2.45, 2.75) is 39.9 Å². The van der Waals surface area contributed by atoms with Crippen LogP contribution in [0.25, 0.3) is 11.4 Å². The molecule has 2 N–H and O–H groups in total. The van der Waals surface area contributed by atoms with Crippen LogP contribution in [0.1, 0.15) is 30.0 Å². The van der Waals surface area contributed by atoms with Crippen molar-refractivity contribution in [3.05, 3.63) is 70.0 Å². The van der Waals surface area contributed by atoms with E-state index in [1.165, 1.54) is 11.1 Å². The number of hydrogen-bond acceptors (Lipinski definition) is 4. The van der Waals surface area contributed by atoms with E-state index in [2.05, 4.69) is 46.5 Å². The number of aryl methyl sites for hydroxylation is 1. The van der Waals surface area contributed by atoms with Crippen molar-refractivity contribution in [3.8, 4) is 11.4 Å². The molecule has 0 saturated carbocycles. The molecule has 0 aliphatic heterocycles. The van der Waals surface area contributed by atoms with E-state index in [9.17, 15) is 4.79 Å². The van der Waals surface area contributed by atoms with Crippen LogP contribution in [0.5, 0.6) is 0 Å². The van der Waals surface area contributed by atoms with Crippen LogP contribution in [0.15, 0.2) is 48.5 Å². The highest BCUT2D eigenvalue weighted by Crippen LogP contribution is 2.18. The standard InChI is InChI=1S/C23H29N5OS/c1-4-27(3)16-19-7-5-6-18(14-19)15-24-21(29)12-13-28-22(25-26-23(28)30)20-10-8-17(2)9-11-20/h5-11,14H,4,12-13,15-16H2,1-3H3,(H,24,29)(H,26,30). The second-order valence-electron chi connectivity index (χ2n) is 7.55. The van der Waals surface area contributed by atoms with Crippen LogP contribution < -0.4 is 5.32 Å². The number of carbonyl (C=O) groups excluding carboxylic acids is 1. The summed E-state index contributed by atoms with van der Waals surface area (Å²) >= 11 is 5.36. The Morgan fingerprint density at radius 3 is 2.67 bits per heavy atom. The Balaban J connectivity index is 1.57. The van der Waals surface area contributed by atoms with Crippen molar-refractivity contribution in [1.82, 2.24) is 25.0 Å². The number of aromatic nitrogens is 3. The highest BCUT2D eigenvalue weighted by atomic mass is 32.1. The summed E-state index contributed by atoms with van der Waals surface area (Å²) in [7, 11) is 2.10. The molecule has 0 saturated heterocycles. The lowest BCUT2D eigenvalue weighted by atomic mass is 10.1. The molecule has 1 heterocycles. The van der Waals surface area contributed by atoms with Crippen LogP contribution in [0.2, 0.25) is 0 Å². The van der Waals surface area contributed by atoms with Gasteiger partial charge in [-0.05, 0) is 43.9 Å². The first-order valence-electron chi connectivity index (χ1n) is 10.2. The molecule has 0 bridgehead atoms. The van der Waals surface area contributed by atoms with Gasteiger partial charge in [0.05, 0.1) is 0 Å². The van der Waals surface area contributed by atoms with Crippen LogP contribution in [-0.2, 0) is 24.4 Å². The number of amides is 1. The number of nitrogens with one attached hydrogen (secondary N) is 2. The molecule has 0 fully saturated rings. The molecule has 0 atom stereocenters.